The summed E-state index contributed by atoms with van der Waals surface area (Å²) >= 11 is 0. The van der Waals surface area contributed by atoms with E-state index >= 15 is 0 Å². The fourth-order valence-corrected chi connectivity index (χ4v) is 2.13. The molecule has 0 saturated carbocycles. The fraction of sp³-hybridized carbons (Fsp3) is 0.429. The smallest absolute Gasteiger partial charge is 0.0471 e. The standard InChI is InChI=1S/C14H19NO/c16-12-14-8-10-15(11-14)9-4-7-13-5-2-1-3-6-13/h1-7,14,16H,8-12H2. The second-order valence-electron chi connectivity index (χ2n) is 4.41. The van der Waals surface area contributed by atoms with Gasteiger partial charge in [0.25, 0.3) is 0 Å². The first-order valence-electron chi connectivity index (χ1n) is 5.93. The third-order valence-electron chi connectivity index (χ3n) is 3.10. The van der Waals surface area contributed by atoms with Crippen molar-refractivity contribution in [3.8, 4) is 0 Å². The molecule has 2 nitrogen and oxygen atoms in total. The molecule has 1 N–H and O–H groups in total. The van der Waals surface area contributed by atoms with Gasteiger partial charge in [0.1, 0.15) is 0 Å². The highest BCUT2D eigenvalue weighted by molar-refractivity contribution is 5.48. The summed E-state index contributed by atoms with van der Waals surface area (Å²) < 4.78 is 0. The first-order valence-corrected chi connectivity index (χ1v) is 5.93. The van der Waals surface area contributed by atoms with E-state index in [1.807, 2.05) is 6.07 Å². The Labute approximate surface area is 97.2 Å². The number of aliphatic hydroxyl groups excluding tert-OH is 1. The Morgan fingerprint density at radius 1 is 1.31 bits per heavy atom. The van der Waals surface area contributed by atoms with E-state index in [0.717, 1.165) is 26.1 Å². The lowest BCUT2D eigenvalue weighted by atomic mass is 10.1. The molecule has 1 aliphatic rings. The number of hydrogen-bond donors (Lipinski definition) is 1. The van der Waals surface area contributed by atoms with E-state index in [2.05, 4.69) is 41.3 Å². The first kappa shape index (κ1) is 11.4. The molecule has 0 spiro atoms. The van der Waals surface area contributed by atoms with Gasteiger partial charge >= 0.3 is 0 Å². The summed E-state index contributed by atoms with van der Waals surface area (Å²) in [5.74, 6) is 0.491. The number of rotatable bonds is 4. The number of nitrogens with zero attached hydrogens (tertiary/aromatic N) is 1. The highest BCUT2D eigenvalue weighted by Crippen LogP contribution is 2.15. The molecule has 1 fully saturated rings. The minimum absolute atomic E-state index is 0.332. The van der Waals surface area contributed by atoms with Gasteiger partial charge in [0, 0.05) is 19.7 Å². The number of likely N-dealkylation sites (tertiary alicyclic amines) is 1. The van der Waals surface area contributed by atoms with Gasteiger partial charge in [-0.3, -0.25) is 4.90 Å². The van der Waals surface area contributed by atoms with E-state index in [-0.39, 0.29) is 0 Å². The molecule has 86 valence electrons. The molecule has 2 rings (SSSR count). The Bertz CT molecular complexity index is 334. The SMILES string of the molecule is OCC1CCN(CC=Cc2ccccc2)C1. The summed E-state index contributed by atoms with van der Waals surface area (Å²) in [6.07, 6.45) is 5.50. The van der Waals surface area contributed by atoms with Crippen LogP contribution in [0.15, 0.2) is 36.4 Å². The molecule has 1 unspecified atom stereocenters. The Hall–Kier alpha value is -1.12. The topological polar surface area (TPSA) is 23.5 Å². The van der Waals surface area contributed by atoms with Gasteiger partial charge in [-0.2, -0.15) is 0 Å². The highest BCUT2D eigenvalue weighted by atomic mass is 16.3. The van der Waals surface area contributed by atoms with Crippen LogP contribution in [-0.4, -0.2) is 36.2 Å². The Kier molecular flexibility index (Phi) is 4.14. The van der Waals surface area contributed by atoms with E-state index in [1.165, 1.54) is 5.56 Å². The molecule has 1 aliphatic heterocycles. The van der Waals surface area contributed by atoms with E-state index in [0.29, 0.717) is 12.5 Å². The lowest BCUT2D eigenvalue weighted by Gasteiger charge is -2.12. The van der Waals surface area contributed by atoms with Gasteiger partial charge in [-0.25, -0.2) is 0 Å². The molecule has 0 aliphatic carbocycles. The van der Waals surface area contributed by atoms with E-state index in [9.17, 15) is 0 Å². The van der Waals surface area contributed by atoms with Crippen molar-refractivity contribution in [1.82, 2.24) is 4.90 Å². The summed E-state index contributed by atoms with van der Waals surface area (Å²) in [5, 5.41) is 9.04. The molecule has 1 aromatic carbocycles. The number of benzene rings is 1. The van der Waals surface area contributed by atoms with Crippen molar-refractivity contribution in [2.75, 3.05) is 26.2 Å². The quantitative estimate of drug-likeness (QED) is 0.834. The predicted octanol–water partition coefficient (Wildman–Crippen LogP) is 2.01. The van der Waals surface area contributed by atoms with Crippen LogP contribution in [-0.2, 0) is 0 Å². The normalized spacial score (nSPS) is 21.9. The van der Waals surface area contributed by atoms with Gasteiger partial charge in [0.05, 0.1) is 0 Å². The van der Waals surface area contributed by atoms with E-state index in [1.54, 1.807) is 0 Å². The molecule has 1 saturated heterocycles. The van der Waals surface area contributed by atoms with Gasteiger partial charge in [0.15, 0.2) is 0 Å². The Morgan fingerprint density at radius 2 is 2.12 bits per heavy atom. The van der Waals surface area contributed by atoms with Crippen molar-refractivity contribution in [2.45, 2.75) is 6.42 Å². The third kappa shape index (κ3) is 3.19. The maximum atomic E-state index is 9.04. The summed E-state index contributed by atoms with van der Waals surface area (Å²) in [4.78, 5) is 2.39. The van der Waals surface area contributed by atoms with Gasteiger partial charge in [0.2, 0.25) is 0 Å². The zero-order valence-corrected chi connectivity index (χ0v) is 9.55. The van der Waals surface area contributed by atoms with Gasteiger partial charge in [-0.1, -0.05) is 42.5 Å². The number of aliphatic hydroxyl groups is 1. The molecule has 1 atom stereocenters. The minimum Gasteiger partial charge on any atom is -0.396 e. The molecule has 2 heteroatoms. The minimum atomic E-state index is 0.332. The highest BCUT2D eigenvalue weighted by Gasteiger charge is 2.19. The van der Waals surface area contributed by atoms with Crippen LogP contribution >= 0.6 is 0 Å². The zero-order valence-electron chi connectivity index (χ0n) is 9.55. The monoisotopic (exact) mass is 217 g/mol. The predicted molar refractivity (Wildman–Crippen MR) is 67.1 cm³/mol. The van der Waals surface area contributed by atoms with Crippen molar-refractivity contribution < 1.29 is 5.11 Å². The van der Waals surface area contributed by atoms with Crippen LogP contribution in [0.5, 0.6) is 0 Å². The van der Waals surface area contributed by atoms with Crippen molar-refractivity contribution in [1.29, 1.82) is 0 Å². The van der Waals surface area contributed by atoms with E-state index in [4.69, 9.17) is 5.11 Å². The summed E-state index contributed by atoms with van der Waals surface area (Å²) in [5.41, 5.74) is 1.25. The number of hydrogen-bond acceptors (Lipinski definition) is 2. The summed E-state index contributed by atoms with van der Waals surface area (Å²) in [7, 11) is 0. The molecule has 1 heterocycles. The lowest BCUT2D eigenvalue weighted by molar-refractivity contribution is 0.225. The first-order chi connectivity index (χ1) is 7.88. The van der Waals surface area contributed by atoms with Crippen LogP contribution in [0.4, 0.5) is 0 Å². The second-order valence-corrected chi connectivity index (χ2v) is 4.41. The van der Waals surface area contributed by atoms with Crippen LogP contribution < -0.4 is 0 Å². The molecule has 16 heavy (non-hydrogen) atoms. The Balaban J connectivity index is 1.78. The van der Waals surface area contributed by atoms with Crippen molar-refractivity contribution in [3.05, 3.63) is 42.0 Å². The fourth-order valence-electron chi connectivity index (χ4n) is 2.13. The van der Waals surface area contributed by atoms with Crippen molar-refractivity contribution in [3.63, 3.8) is 0 Å². The van der Waals surface area contributed by atoms with Crippen LogP contribution in [0.3, 0.4) is 0 Å². The maximum Gasteiger partial charge on any atom is 0.0471 e. The van der Waals surface area contributed by atoms with Crippen LogP contribution in [0, 0.1) is 5.92 Å². The molecule has 0 radical (unpaired) electrons. The Morgan fingerprint density at radius 3 is 2.81 bits per heavy atom. The van der Waals surface area contributed by atoms with Gasteiger partial charge in [-0.15, -0.1) is 0 Å². The van der Waals surface area contributed by atoms with Gasteiger partial charge in [-0.05, 0) is 24.4 Å². The van der Waals surface area contributed by atoms with Crippen molar-refractivity contribution in [2.24, 2.45) is 5.92 Å². The zero-order chi connectivity index (χ0) is 11.2. The van der Waals surface area contributed by atoms with Crippen LogP contribution in [0.25, 0.3) is 6.08 Å². The molecular weight excluding hydrogens is 198 g/mol. The van der Waals surface area contributed by atoms with Crippen molar-refractivity contribution >= 4 is 6.08 Å². The van der Waals surface area contributed by atoms with Crippen LogP contribution in [0.2, 0.25) is 0 Å². The molecular formula is C14H19NO. The van der Waals surface area contributed by atoms with Crippen LogP contribution in [0.1, 0.15) is 12.0 Å². The average molecular weight is 217 g/mol. The van der Waals surface area contributed by atoms with E-state index < -0.39 is 0 Å². The maximum absolute atomic E-state index is 9.04. The average Bonchev–Trinajstić information content (AvgIpc) is 2.78. The molecule has 0 amide bonds. The molecule has 0 bridgehead atoms. The third-order valence-corrected chi connectivity index (χ3v) is 3.10. The molecule has 0 aromatic heterocycles. The largest absolute Gasteiger partial charge is 0.396 e. The summed E-state index contributed by atoms with van der Waals surface area (Å²) in [6.45, 7) is 3.48. The second kappa shape index (κ2) is 5.83. The van der Waals surface area contributed by atoms with Gasteiger partial charge < -0.3 is 5.11 Å². The molecule has 1 aromatic rings. The summed E-state index contributed by atoms with van der Waals surface area (Å²) in [6, 6.07) is 10.4. The lowest BCUT2D eigenvalue weighted by Crippen LogP contribution is -2.21.